The van der Waals surface area contributed by atoms with Crippen LogP contribution >= 0.6 is 33.9 Å². The molecule has 2 aromatic rings. The number of hydrogen-bond donors (Lipinski definition) is 3. The molecule has 0 saturated carbocycles. The fraction of sp³-hybridized carbons (Fsp3) is 0.154. The van der Waals surface area contributed by atoms with Crippen molar-refractivity contribution in [1.82, 2.24) is 10.3 Å². The number of amides is 2. The third-order valence-corrected chi connectivity index (χ3v) is 4.37. The van der Waals surface area contributed by atoms with Gasteiger partial charge < -0.3 is 15.7 Å². The summed E-state index contributed by atoms with van der Waals surface area (Å²) in [5, 5.41) is 16.4. The van der Waals surface area contributed by atoms with E-state index in [1.807, 2.05) is 24.3 Å². The lowest BCUT2D eigenvalue weighted by Gasteiger charge is -2.08. The second kappa shape index (κ2) is 7.36. The number of carboxylic acids is 1. The number of aromatic carboxylic acids is 1. The highest BCUT2D eigenvalue weighted by molar-refractivity contribution is 14.1. The van der Waals surface area contributed by atoms with Gasteiger partial charge in [0.2, 0.25) is 0 Å². The summed E-state index contributed by atoms with van der Waals surface area (Å²) in [7, 11) is 0. The van der Waals surface area contributed by atoms with Crippen LogP contribution in [-0.4, -0.2) is 28.6 Å². The van der Waals surface area contributed by atoms with Crippen molar-refractivity contribution in [3.63, 3.8) is 0 Å². The third-order valence-electron chi connectivity index (χ3n) is 2.52. The molecular formula is C13H12IN3O3S. The summed E-state index contributed by atoms with van der Waals surface area (Å²) in [4.78, 5) is 26.4. The molecule has 0 bridgehead atoms. The van der Waals surface area contributed by atoms with E-state index in [0.717, 1.165) is 9.26 Å². The van der Waals surface area contributed by atoms with Gasteiger partial charge in [0.05, 0.1) is 10.7 Å². The van der Waals surface area contributed by atoms with Crippen molar-refractivity contribution in [2.45, 2.75) is 6.42 Å². The first-order valence-electron chi connectivity index (χ1n) is 6.03. The molecule has 0 aliphatic heterocycles. The zero-order valence-electron chi connectivity index (χ0n) is 10.8. The van der Waals surface area contributed by atoms with E-state index in [2.05, 4.69) is 38.2 Å². The largest absolute Gasteiger partial charge is 0.476 e. The average Bonchev–Trinajstić information content (AvgIpc) is 2.90. The maximum atomic E-state index is 11.7. The van der Waals surface area contributed by atoms with E-state index >= 15 is 0 Å². The molecule has 1 aromatic heterocycles. The summed E-state index contributed by atoms with van der Waals surface area (Å²) in [5.74, 6) is -1.04. The molecule has 21 heavy (non-hydrogen) atoms. The molecule has 1 heterocycles. The van der Waals surface area contributed by atoms with Crippen molar-refractivity contribution >= 4 is 51.6 Å². The van der Waals surface area contributed by atoms with E-state index in [4.69, 9.17) is 5.11 Å². The first-order valence-corrected chi connectivity index (χ1v) is 7.99. The summed E-state index contributed by atoms with van der Waals surface area (Å²) in [6.07, 6.45) is 0.497. The predicted molar refractivity (Wildman–Crippen MR) is 89.0 cm³/mol. The zero-order chi connectivity index (χ0) is 15.2. The van der Waals surface area contributed by atoms with Crippen molar-refractivity contribution in [3.8, 4) is 0 Å². The number of anilines is 1. The van der Waals surface area contributed by atoms with Crippen LogP contribution in [0.1, 0.15) is 15.5 Å². The Hall–Kier alpha value is -1.68. The number of benzene rings is 1. The molecule has 0 spiro atoms. The quantitative estimate of drug-likeness (QED) is 0.653. The normalized spacial score (nSPS) is 10.1. The molecule has 0 fully saturated rings. The number of carboxylic acid groups (broad SMARTS) is 1. The van der Waals surface area contributed by atoms with Gasteiger partial charge in [-0.3, -0.25) is 0 Å². The Labute approximate surface area is 138 Å². The Balaban J connectivity index is 1.79. The molecule has 110 valence electrons. The van der Waals surface area contributed by atoms with Crippen LogP contribution in [0.25, 0.3) is 0 Å². The van der Waals surface area contributed by atoms with Crippen molar-refractivity contribution in [1.29, 1.82) is 0 Å². The highest BCUT2D eigenvalue weighted by Gasteiger charge is 2.09. The predicted octanol–water partition coefficient (Wildman–Crippen LogP) is 2.81. The lowest BCUT2D eigenvalue weighted by molar-refractivity contribution is 0.0691. The minimum atomic E-state index is -1.04. The third kappa shape index (κ3) is 4.67. The molecule has 0 unspecified atom stereocenters. The Morgan fingerprint density at radius 1 is 1.33 bits per heavy atom. The number of rotatable bonds is 5. The Morgan fingerprint density at radius 2 is 2.10 bits per heavy atom. The molecule has 3 N–H and O–H groups in total. The van der Waals surface area contributed by atoms with E-state index in [9.17, 15) is 9.59 Å². The number of hydrogen-bond acceptors (Lipinski definition) is 4. The summed E-state index contributed by atoms with van der Waals surface area (Å²) in [6, 6.07) is 7.17. The maximum Gasteiger partial charge on any atom is 0.355 e. The minimum Gasteiger partial charge on any atom is -0.476 e. The zero-order valence-corrected chi connectivity index (χ0v) is 13.8. The highest BCUT2D eigenvalue weighted by atomic mass is 127. The highest BCUT2D eigenvalue weighted by Crippen LogP contribution is 2.16. The number of carbonyl (C=O) groups is 2. The smallest absolute Gasteiger partial charge is 0.355 e. The molecule has 2 rings (SSSR count). The van der Waals surface area contributed by atoms with E-state index in [-0.39, 0.29) is 11.7 Å². The van der Waals surface area contributed by atoms with Gasteiger partial charge in [0, 0.05) is 21.9 Å². The van der Waals surface area contributed by atoms with Crippen LogP contribution in [0.5, 0.6) is 0 Å². The van der Waals surface area contributed by atoms with Gasteiger partial charge in [-0.1, -0.05) is 12.1 Å². The number of nitrogens with one attached hydrogen (secondary N) is 2. The molecule has 0 saturated heterocycles. The summed E-state index contributed by atoms with van der Waals surface area (Å²) < 4.78 is 0.955. The average molecular weight is 417 g/mol. The van der Waals surface area contributed by atoms with Crippen LogP contribution in [0.2, 0.25) is 0 Å². The first-order chi connectivity index (χ1) is 10.1. The van der Waals surface area contributed by atoms with Gasteiger partial charge in [-0.15, -0.1) is 11.3 Å². The Kier molecular flexibility index (Phi) is 5.51. The fourth-order valence-electron chi connectivity index (χ4n) is 1.54. The van der Waals surface area contributed by atoms with Crippen LogP contribution in [0.4, 0.5) is 10.5 Å². The summed E-state index contributed by atoms with van der Waals surface area (Å²) in [5.41, 5.74) is 0.788. The standard InChI is InChI=1S/C13H12IN3O3S/c14-8-3-1-2-4-9(8)17-13(20)15-6-5-11-16-10(7-21-11)12(18)19/h1-4,7H,5-6H2,(H,18,19)(H2,15,17,20). The SMILES string of the molecule is O=C(NCCc1nc(C(=O)O)cs1)Nc1ccccc1I. The maximum absolute atomic E-state index is 11.7. The van der Waals surface area contributed by atoms with Gasteiger partial charge >= 0.3 is 12.0 Å². The second-order valence-corrected chi connectivity index (χ2v) is 6.15. The first kappa shape index (κ1) is 15.7. The van der Waals surface area contributed by atoms with Crippen molar-refractivity contribution in [2.24, 2.45) is 0 Å². The van der Waals surface area contributed by atoms with Crippen LogP contribution in [-0.2, 0) is 6.42 Å². The Morgan fingerprint density at radius 3 is 2.76 bits per heavy atom. The van der Waals surface area contributed by atoms with Gasteiger partial charge in [0.25, 0.3) is 0 Å². The number of thiazole rings is 1. The number of carbonyl (C=O) groups excluding carboxylic acids is 1. The Bertz CT molecular complexity index is 660. The lowest BCUT2D eigenvalue weighted by atomic mass is 10.3. The molecule has 1 aromatic carbocycles. The number of para-hydroxylation sites is 1. The number of nitrogens with zero attached hydrogens (tertiary/aromatic N) is 1. The molecule has 0 radical (unpaired) electrons. The fourth-order valence-corrected chi connectivity index (χ4v) is 2.83. The van der Waals surface area contributed by atoms with Crippen LogP contribution in [0.3, 0.4) is 0 Å². The molecule has 6 nitrogen and oxygen atoms in total. The molecular weight excluding hydrogens is 405 g/mol. The van der Waals surface area contributed by atoms with Crippen LogP contribution in [0.15, 0.2) is 29.6 Å². The molecule has 8 heteroatoms. The van der Waals surface area contributed by atoms with E-state index in [0.29, 0.717) is 18.0 Å². The topological polar surface area (TPSA) is 91.3 Å². The lowest BCUT2D eigenvalue weighted by Crippen LogP contribution is -2.30. The van der Waals surface area contributed by atoms with E-state index in [1.54, 1.807) is 0 Å². The van der Waals surface area contributed by atoms with Crippen LogP contribution in [0, 0.1) is 3.57 Å². The van der Waals surface area contributed by atoms with E-state index < -0.39 is 5.97 Å². The van der Waals surface area contributed by atoms with Gasteiger partial charge in [-0.2, -0.15) is 0 Å². The molecule has 2 amide bonds. The number of aromatic nitrogens is 1. The number of halogens is 1. The summed E-state index contributed by atoms with van der Waals surface area (Å²) in [6.45, 7) is 0.391. The van der Waals surface area contributed by atoms with Gasteiger partial charge in [-0.05, 0) is 34.7 Å². The van der Waals surface area contributed by atoms with Crippen molar-refractivity contribution < 1.29 is 14.7 Å². The second-order valence-electron chi connectivity index (χ2n) is 4.04. The van der Waals surface area contributed by atoms with Gasteiger partial charge in [0.15, 0.2) is 5.69 Å². The molecule has 0 aliphatic rings. The minimum absolute atomic E-state index is 0.0401. The van der Waals surface area contributed by atoms with Crippen molar-refractivity contribution in [2.75, 3.05) is 11.9 Å². The van der Waals surface area contributed by atoms with Crippen LogP contribution < -0.4 is 10.6 Å². The van der Waals surface area contributed by atoms with Gasteiger partial charge in [0.1, 0.15) is 0 Å². The summed E-state index contributed by atoms with van der Waals surface area (Å²) >= 11 is 3.41. The van der Waals surface area contributed by atoms with E-state index in [1.165, 1.54) is 16.7 Å². The van der Waals surface area contributed by atoms with Crippen molar-refractivity contribution in [3.05, 3.63) is 43.9 Å². The van der Waals surface area contributed by atoms with Gasteiger partial charge in [-0.25, -0.2) is 14.6 Å². The monoisotopic (exact) mass is 417 g/mol. The number of urea groups is 1. The molecule has 0 atom stereocenters. The molecule has 0 aliphatic carbocycles.